The quantitative estimate of drug-likeness (QED) is 0.767. The first-order chi connectivity index (χ1) is 14.7. The fraction of sp³-hybridized carbons (Fsp3) is 0.417. The Labute approximate surface area is 176 Å². The largest absolute Gasteiger partial charge is 0.352 e. The number of carbonyl (C=O) groups excluding carboxylic acids is 2. The Kier molecular flexibility index (Phi) is 5.27. The van der Waals surface area contributed by atoms with Gasteiger partial charge in [-0.1, -0.05) is 60.7 Å². The summed E-state index contributed by atoms with van der Waals surface area (Å²) in [6.07, 6.45) is 1.52. The molecular formula is C24H26N2O4. The van der Waals surface area contributed by atoms with Crippen LogP contribution in [0.3, 0.4) is 0 Å². The summed E-state index contributed by atoms with van der Waals surface area (Å²) in [5.41, 5.74) is 1.91. The van der Waals surface area contributed by atoms with Crippen molar-refractivity contribution in [2.45, 2.75) is 50.2 Å². The molecule has 0 saturated carbocycles. The molecule has 3 aliphatic rings. The lowest BCUT2D eigenvalue weighted by Crippen LogP contribution is -2.47. The van der Waals surface area contributed by atoms with Gasteiger partial charge in [-0.3, -0.25) is 9.59 Å². The minimum absolute atomic E-state index is 0.0804. The maximum atomic E-state index is 12.8. The molecule has 2 amide bonds. The standard InChI is InChI=1S/C24H26N2O4/c27-21-13-11-19-16-30-24(18-9-5-2-6-10-18)26-20(12-14-22(26)28)15-29-23(25(19)21)17-7-3-1-4-8-17/h1-10,19-20,23-24H,11-16H2/t19-,20+,23-,24+. The van der Waals surface area contributed by atoms with Gasteiger partial charge in [0.2, 0.25) is 11.8 Å². The highest BCUT2D eigenvalue weighted by molar-refractivity contribution is 5.80. The molecular weight excluding hydrogens is 380 g/mol. The van der Waals surface area contributed by atoms with Crippen LogP contribution < -0.4 is 0 Å². The zero-order valence-corrected chi connectivity index (χ0v) is 16.9. The number of hydrogen-bond donors (Lipinski definition) is 0. The van der Waals surface area contributed by atoms with E-state index < -0.39 is 12.5 Å². The number of carbonyl (C=O) groups is 2. The van der Waals surface area contributed by atoms with Crippen LogP contribution in [-0.2, 0) is 19.1 Å². The van der Waals surface area contributed by atoms with E-state index in [0.717, 1.165) is 24.0 Å². The van der Waals surface area contributed by atoms with Crippen molar-refractivity contribution in [1.82, 2.24) is 9.80 Å². The average Bonchev–Trinajstić information content (AvgIpc) is 3.33. The molecule has 3 saturated heterocycles. The van der Waals surface area contributed by atoms with Crippen molar-refractivity contribution in [1.29, 1.82) is 0 Å². The predicted octanol–water partition coefficient (Wildman–Crippen LogP) is 3.41. The summed E-state index contributed by atoms with van der Waals surface area (Å²) in [5, 5.41) is 0. The van der Waals surface area contributed by atoms with Crippen molar-refractivity contribution in [3.63, 3.8) is 0 Å². The first-order valence-electron chi connectivity index (χ1n) is 10.7. The molecule has 6 nitrogen and oxygen atoms in total. The van der Waals surface area contributed by atoms with Crippen LogP contribution in [0, 0.1) is 0 Å². The minimum Gasteiger partial charge on any atom is -0.352 e. The Morgan fingerprint density at radius 3 is 1.43 bits per heavy atom. The van der Waals surface area contributed by atoms with E-state index in [1.54, 1.807) is 0 Å². The summed E-state index contributed by atoms with van der Waals surface area (Å²) in [4.78, 5) is 29.3. The van der Waals surface area contributed by atoms with Crippen LogP contribution in [0.15, 0.2) is 60.7 Å². The third-order valence-electron chi connectivity index (χ3n) is 6.31. The summed E-state index contributed by atoms with van der Waals surface area (Å²) in [6, 6.07) is 19.5. The molecule has 0 unspecified atom stereocenters. The second kappa shape index (κ2) is 8.20. The summed E-state index contributed by atoms with van der Waals surface area (Å²) < 4.78 is 12.8. The maximum Gasteiger partial charge on any atom is 0.225 e. The van der Waals surface area contributed by atoms with Gasteiger partial charge in [0.05, 0.1) is 25.3 Å². The monoisotopic (exact) mass is 406 g/mol. The van der Waals surface area contributed by atoms with Gasteiger partial charge in [0.1, 0.15) is 0 Å². The molecule has 6 heteroatoms. The fourth-order valence-corrected chi connectivity index (χ4v) is 4.81. The van der Waals surface area contributed by atoms with Crippen molar-refractivity contribution in [2.24, 2.45) is 0 Å². The lowest BCUT2D eigenvalue weighted by atomic mass is 10.1. The second-order valence-corrected chi connectivity index (χ2v) is 8.18. The van der Waals surface area contributed by atoms with E-state index in [1.807, 2.05) is 70.5 Å². The number of benzene rings is 2. The Morgan fingerprint density at radius 2 is 1.03 bits per heavy atom. The number of fused-ring (bicyclic) bond motifs is 2. The zero-order valence-electron chi connectivity index (χ0n) is 16.9. The molecule has 2 aromatic carbocycles. The van der Waals surface area contributed by atoms with Gasteiger partial charge in [-0.15, -0.1) is 0 Å². The van der Waals surface area contributed by atoms with Crippen LogP contribution in [0.25, 0.3) is 0 Å². The molecule has 0 aromatic heterocycles. The highest BCUT2D eigenvalue weighted by Gasteiger charge is 2.43. The third kappa shape index (κ3) is 3.50. The van der Waals surface area contributed by atoms with Crippen LogP contribution in [0.4, 0.5) is 0 Å². The Hall–Kier alpha value is -2.70. The van der Waals surface area contributed by atoms with E-state index in [0.29, 0.717) is 26.1 Å². The van der Waals surface area contributed by atoms with Gasteiger partial charge in [-0.25, -0.2) is 0 Å². The number of nitrogens with zero attached hydrogens (tertiary/aromatic N) is 2. The molecule has 0 bridgehead atoms. The SMILES string of the molecule is O=C1CC[C@@H]2CO[C@@H](c3ccccc3)N3C(=O)CC[C@H]3CO[C@H](c3ccccc3)N12. The third-order valence-corrected chi connectivity index (χ3v) is 6.31. The van der Waals surface area contributed by atoms with Gasteiger partial charge < -0.3 is 19.3 Å². The Balaban J connectivity index is 1.50. The molecule has 3 fully saturated rings. The molecule has 2 aromatic rings. The van der Waals surface area contributed by atoms with Gasteiger partial charge in [0.15, 0.2) is 12.5 Å². The van der Waals surface area contributed by atoms with E-state index in [9.17, 15) is 9.59 Å². The maximum absolute atomic E-state index is 12.8. The summed E-state index contributed by atoms with van der Waals surface area (Å²) in [5.74, 6) is 0.183. The Bertz CT molecular complexity index is 828. The van der Waals surface area contributed by atoms with E-state index in [-0.39, 0.29) is 23.9 Å². The highest BCUT2D eigenvalue weighted by Crippen LogP contribution is 2.37. The molecule has 3 heterocycles. The smallest absolute Gasteiger partial charge is 0.225 e. The normalized spacial score (nSPS) is 29.6. The predicted molar refractivity (Wildman–Crippen MR) is 110 cm³/mol. The first-order valence-corrected chi connectivity index (χ1v) is 10.7. The lowest BCUT2D eigenvalue weighted by Gasteiger charge is -2.40. The van der Waals surface area contributed by atoms with Crippen molar-refractivity contribution < 1.29 is 19.1 Å². The van der Waals surface area contributed by atoms with Gasteiger partial charge in [0, 0.05) is 24.0 Å². The summed E-state index contributed by atoms with van der Waals surface area (Å²) in [6.45, 7) is 0.739. The fourth-order valence-electron chi connectivity index (χ4n) is 4.81. The summed E-state index contributed by atoms with van der Waals surface area (Å²) in [7, 11) is 0. The molecule has 0 radical (unpaired) electrons. The zero-order chi connectivity index (χ0) is 20.5. The molecule has 3 aliphatic heterocycles. The molecule has 4 atom stereocenters. The first kappa shape index (κ1) is 19.3. The van der Waals surface area contributed by atoms with Gasteiger partial charge >= 0.3 is 0 Å². The topological polar surface area (TPSA) is 59.1 Å². The van der Waals surface area contributed by atoms with E-state index in [1.165, 1.54) is 0 Å². The molecule has 0 N–H and O–H groups in total. The second-order valence-electron chi connectivity index (χ2n) is 8.18. The van der Waals surface area contributed by atoms with Crippen LogP contribution >= 0.6 is 0 Å². The summed E-state index contributed by atoms with van der Waals surface area (Å²) >= 11 is 0. The van der Waals surface area contributed by atoms with E-state index in [2.05, 4.69) is 0 Å². The minimum atomic E-state index is -0.458. The van der Waals surface area contributed by atoms with Crippen molar-refractivity contribution in [3.8, 4) is 0 Å². The van der Waals surface area contributed by atoms with E-state index in [4.69, 9.17) is 9.47 Å². The number of ether oxygens (including phenoxy) is 2. The van der Waals surface area contributed by atoms with Crippen molar-refractivity contribution in [2.75, 3.05) is 13.2 Å². The van der Waals surface area contributed by atoms with Crippen LogP contribution in [0.2, 0.25) is 0 Å². The number of hydrogen-bond acceptors (Lipinski definition) is 4. The van der Waals surface area contributed by atoms with Gasteiger partial charge in [-0.05, 0) is 12.8 Å². The lowest BCUT2D eigenvalue weighted by molar-refractivity contribution is -0.174. The van der Waals surface area contributed by atoms with Gasteiger partial charge in [0.25, 0.3) is 0 Å². The number of amides is 2. The van der Waals surface area contributed by atoms with Crippen molar-refractivity contribution >= 4 is 11.8 Å². The Morgan fingerprint density at radius 1 is 0.633 bits per heavy atom. The van der Waals surface area contributed by atoms with Gasteiger partial charge in [-0.2, -0.15) is 0 Å². The molecule has 0 aliphatic carbocycles. The van der Waals surface area contributed by atoms with Crippen LogP contribution in [0.5, 0.6) is 0 Å². The molecule has 0 spiro atoms. The molecule has 156 valence electrons. The van der Waals surface area contributed by atoms with Crippen LogP contribution in [-0.4, -0.2) is 46.9 Å². The average molecular weight is 406 g/mol. The van der Waals surface area contributed by atoms with E-state index >= 15 is 0 Å². The van der Waals surface area contributed by atoms with Crippen LogP contribution in [0.1, 0.15) is 49.3 Å². The highest BCUT2D eigenvalue weighted by atomic mass is 16.5. The molecule has 5 rings (SSSR count). The van der Waals surface area contributed by atoms with Crippen molar-refractivity contribution in [3.05, 3.63) is 71.8 Å². The molecule has 30 heavy (non-hydrogen) atoms. The number of rotatable bonds is 2.